The standard InChI is InChI=1S/C44H57N9O8S2/c1-29(32-8-10-33(11-9-32)39-30(2)47-28-62-39)48-41(56)37-23-35(54)26-53(37)42(57)40(44(3,4)5)50-38(55)27-61-22-21-51-17-19-52(20-18-51)63(59,60)36-14-12-34(13-15-36)49-43(58)46-25-31-7-6-16-45-24-31/h6-16,24,28-29,35,37,40,54H,17-23,25-27H2,1-5H3,(H,48,56)(H,50,55)(H2,46,49,58)/t29-,35+,37-,40+/m0/s1. The summed E-state index contributed by atoms with van der Waals surface area (Å²) >= 11 is 1.56. The number of amides is 5. The van der Waals surface area contributed by atoms with Crippen molar-refractivity contribution in [1.82, 2.24) is 40.0 Å². The van der Waals surface area contributed by atoms with Crippen LogP contribution in [-0.2, 0) is 35.7 Å². The number of aliphatic hydroxyl groups is 1. The number of benzene rings is 2. The minimum Gasteiger partial charge on any atom is -0.391 e. The van der Waals surface area contributed by atoms with Crippen LogP contribution in [0.5, 0.6) is 0 Å². The molecule has 19 heteroatoms. The second kappa shape index (κ2) is 20.9. The highest BCUT2D eigenvalue weighted by atomic mass is 32.2. The number of aryl methyl sites for hydroxylation is 1. The van der Waals surface area contributed by atoms with Crippen LogP contribution in [0.3, 0.4) is 0 Å². The molecule has 2 saturated heterocycles. The van der Waals surface area contributed by atoms with Gasteiger partial charge in [0.1, 0.15) is 18.7 Å². The predicted octanol–water partition coefficient (Wildman–Crippen LogP) is 3.53. The van der Waals surface area contributed by atoms with Gasteiger partial charge in [0.25, 0.3) is 0 Å². The van der Waals surface area contributed by atoms with Crippen LogP contribution >= 0.6 is 11.3 Å². The van der Waals surface area contributed by atoms with Crippen molar-refractivity contribution in [3.05, 3.63) is 95.4 Å². The number of rotatable bonds is 16. The maximum atomic E-state index is 14.1. The average molecular weight is 904 g/mol. The number of anilines is 1. The van der Waals surface area contributed by atoms with E-state index in [0.29, 0.717) is 31.9 Å². The lowest BCUT2D eigenvalue weighted by atomic mass is 9.85. The number of hydrogen-bond acceptors (Lipinski definition) is 12. The quantitative estimate of drug-likeness (QED) is 0.103. The smallest absolute Gasteiger partial charge is 0.319 e. The lowest BCUT2D eigenvalue weighted by molar-refractivity contribution is -0.144. The molecule has 0 spiro atoms. The molecule has 17 nitrogen and oxygen atoms in total. The summed E-state index contributed by atoms with van der Waals surface area (Å²) < 4.78 is 33.9. The van der Waals surface area contributed by atoms with Gasteiger partial charge in [-0.25, -0.2) is 18.2 Å². The first-order chi connectivity index (χ1) is 30.0. The zero-order valence-electron chi connectivity index (χ0n) is 36.2. The first kappa shape index (κ1) is 47.2. The largest absolute Gasteiger partial charge is 0.391 e. The van der Waals surface area contributed by atoms with Crippen molar-refractivity contribution < 1.29 is 37.4 Å². The fourth-order valence-electron chi connectivity index (χ4n) is 7.49. The molecule has 0 saturated carbocycles. The van der Waals surface area contributed by atoms with E-state index in [-0.39, 0.29) is 50.2 Å². The summed E-state index contributed by atoms with van der Waals surface area (Å²) in [5.41, 5.74) is 5.24. The average Bonchev–Trinajstić information content (AvgIpc) is 3.88. The van der Waals surface area contributed by atoms with Crippen LogP contribution in [0.1, 0.15) is 57.0 Å². The molecule has 0 unspecified atom stereocenters. The minimum atomic E-state index is -3.77. The van der Waals surface area contributed by atoms with Crippen LogP contribution in [0.4, 0.5) is 10.5 Å². The second-order valence-corrected chi connectivity index (χ2v) is 19.7. The normalized spacial score (nSPS) is 18.3. The number of nitrogens with one attached hydrogen (secondary N) is 4. The zero-order valence-corrected chi connectivity index (χ0v) is 37.9. The van der Waals surface area contributed by atoms with E-state index < -0.39 is 57.4 Å². The van der Waals surface area contributed by atoms with Crippen molar-refractivity contribution in [2.24, 2.45) is 5.41 Å². The van der Waals surface area contributed by atoms with Crippen molar-refractivity contribution in [2.45, 2.75) is 76.7 Å². The number of nitrogens with zero attached hydrogens (tertiary/aromatic N) is 5. The van der Waals surface area contributed by atoms with Crippen LogP contribution < -0.4 is 21.3 Å². The van der Waals surface area contributed by atoms with Gasteiger partial charge < -0.3 is 36.0 Å². The molecule has 4 heterocycles. The molecule has 0 aliphatic carbocycles. The number of carbonyl (C=O) groups excluding carboxylic acids is 4. The van der Waals surface area contributed by atoms with Crippen molar-refractivity contribution in [3.63, 3.8) is 0 Å². The Hall–Kier alpha value is -5.31. The molecule has 63 heavy (non-hydrogen) atoms. The lowest BCUT2D eigenvalue weighted by Crippen LogP contribution is -2.58. The van der Waals surface area contributed by atoms with Crippen molar-refractivity contribution in [3.8, 4) is 10.4 Å². The number of piperazine rings is 1. The van der Waals surface area contributed by atoms with Gasteiger partial charge >= 0.3 is 6.03 Å². The van der Waals surface area contributed by atoms with Gasteiger partial charge in [-0.15, -0.1) is 11.3 Å². The van der Waals surface area contributed by atoms with Crippen molar-refractivity contribution in [2.75, 3.05) is 57.8 Å². The van der Waals surface area contributed by atoms with Gasteiger partial charge in [-0.2, -0.15) is 4.31 Å². The van der Waals surface area contributed by atoms with Gasteiger partial charge in [-0.05, 0) is 66.3 Å². The van der Waals surface area contributed by atoms with Gasteiger partial charge in [0.15, 0.2) is 0 Å². The molecule has 4 atom stereocenters. The zero-order chi connectivity index (χ0) is 45.3. The topological polar surface area (TPSA) is 216 Å². The molecule has 2 aliphatic heterocycles. The van der Waals surface area contributed by atoms with Gasteiger partial charge in [0.2, 0.25) is 27.7 Å². The van der Waals surface area contributed by atoms with E-state index in [0.717, 1.165) is 27.3 Å². The van der Waals surface area contributed by atoms with Crippen LogP contribution in [-0.4, -0.2) is 132 Å². The molecule has 0 bridgehead atoms. The molecule has 0 radical (unpaired) electrons. The molecule has 4 aromatic rings. The minimum absolute atomic E-state index is 0.0417. The van der Waals surface area contributed by atoms with Crippen LogP contribution in [0.25, 0.3) is 10.4 Å². The van der Waals surface area contributed by atoms with Gasteiger partial charge in [-0.3, -0.25) is 24.3 Å². The number of urea groups is 1. The Balaban J connectivity index is 0.927. The van der Waals surface area contributed by atoms with E-state index >= 15 is 0 Å². The predicted molar refractivity (Wildman–Crippen MR) is 239 cm³/mol. The van der Waals surface area contributed by atoms with E-state index in [1.807, 2.05) is 69.9 Å². The summed E-state index contributed by atoms with van der Waals surface area (Å²) in [5.74, 6) is -1.36. The molecule has 5 N–H and O–H groups in total. The fourth-order valence-corrected chi connectivity index (χ4v) is 9.72. The number of thiazole rings is 1. The molecule has 2 aromatic carbocycles. The number of hydrogen-bond donors (Lipinski definition) is 5. The van der Waals surface area contributed by atoms with E-state index in [4.69, 9.17) is 4.74 Å². The number of aromatic nitrogens is 2. The molecule has 2 fully saturated rings. The Kier molecular flexibility index (Phi) is 15.7. The third-order valence-electron chi connectivity index (χ3n) is 11.1. The van der Waals surface area contributed by atoms with E-state index in [1.54, 1.807) is 47.4 Å². The fraction of sp³-hybridized carbons (Fsp3) is 0.455. The number of carbonyl (C=O) groups is 4. The Morgan fingerprint density at radius 3 is 2.33 bits per heavy atom. The maximum absolute atomic E-state index is 14.1. The highest BCUT2D eigenvalue weighted by molar-refractivity contribution is 7.89. The molecule has 6 rings (SSSR count). The van der Waals surface area contributed by atoms with Crippen LogP contribution in [0, 0.1) is 12.3 Å². The second-order valence-electron chi connectivity index (χ2n) is 16.9. The van der Waals surface area contributed by atoms with Crippen LogP contribution in [0.2, 0.25) is 0 Å². The third-order valence-corrected chi connectivity index (χ3v) is 14.0. The Morgan fingerprint density at radius 2 is 1.70 bits per heavy atom. The van der Waals surface area contributed by atoms with Gasteiger partial charge in [0, 0.05) is 70.3 Å². The molecule has 5 amide bonds. The molecule has 2 aliphatic rings. The molecular weight excluding hydrogens is 847 g/mol. The Morgan fingerprint density at radius 1 is 0.984 bits per heavy atom. The summed E-state index contributed by atoms with van der Waals surface area (Å²) in [6, 6.07) is 14.8. The number of aliphatic hydroxyl groups excluding tert-OH is 1. The number of likely N-dealkylation sites (tertiary alicyclic amines) is 1. The summed E-state index contributed by atoms with van der Waals surface area (Å²) in [5, 5.41) is 21.9. The summed E-state index contributed by atoms with van der Waals surface area (Å²) in [6.07, 6.45) is 2.47. The van der Waals surface area contributed by atoms with Gasteiger partial charge in [-0.1, -0.05) is 51.1 Å². The third kappa shape index (κ3) is 12.5. The molecular formula is C44H57N9O8S2. The van der Waals surface area contributed by atoms with E-state index in [2.05, 4.69) is 31.2 Å². The number of pyridine rings is 1. The summed E-state index contributed by atoms with van der Waals surface area (Å²) in [7, 11) is -3.77. The van der Waals surface area contributed by atoms with Crippen molar-refractivity contribution >= 4 is 50.8 Å². The molecule has 338 valence electrons. The number of ether oxygens (including phenoxy) is 1. The van der Waals surface area contributed by atoms with E-state index in [1.165, 1.54) is 21.3 Å². The monoisotopic (exact) mass is 903 g/mol. The summed E-state index contributed by atoms with van der Waals surface area (Å²) in [4.78, 5) is 66.1. The highest BCUT2D eigenvalue weighted by Gasteiger charge is 2.44. The first-order valence-corrected chi connectivity index (χ1v) is 23.2. The van der Waals surface area contributed by atoms with Crippen molar-refractivity contribution in [1.29, 1.82) is 0 Å². The Labute approximate surface area is 372 Å². The maximum Gasteiger partial charge on any atom is 0.319 e. The van der Waals surface area contributed by atoms with Crippen LogP contribution in [0.15, 0.2) is 83.5 Å². The Bertz CT molecular complexity index is 2300. The van der Waals surface area contributed by atoms with E-state index in [9.17, 15) is 32.7 Å². The lowest BCUT2D eigenvalue weighted by Gasteiger charge is -2.35. The number of β-amino-alcohol motifs (C(OH)–C–C–N with tert-alkyl or cyclic N) is 1. The van der Waals surface area contributed by atoms with Gasteiger partial charge in [0.05, 0.1) is 39.7 Å². The molecule has 2 aromatic heterocycles. The first-order valence-electron chi connectivity index (χ1n) is 20.9. The highest BCUT2D eigenvalue weighted by Crippen LogP contribution is 2.30. The summed E-state index contributed by atoms with van der Waals surface area (Å²) in [6.45, 7) is 11.3. The number of sulfonamides is 1. The SMILES string of the molecule is Cc1ncsc1-c1ccc([C@H](C)NC(=O)[C@@H]2C[C@@H](O)CN2C(=O)[C@@H](NC(=O)COCCN2CCN(S(=O)(=O)c3ccc(NC(=O)NCc4cccnc4)cc3)CC2)C(C)(C)C)cc1.